The Labute approximate surface area is 168 Å². The van der Waals surface area contributed by atoms with Crippen LogP contribution in [0.3, 0.4) is 0 Å². The van der Waals surface area contributed by atoms with Crippen LogP contribution in [0.15, 0.2) is 18.2 Å². The molecule has 2 bridgehead atoms. The summed E-state index contributed by atoms with van der Waals surface area (Å²) in [4.78, 5) is 37.2. The van der Waals surface area contributed by atoms with Crippen LogP contribution in [0.4, 0.5) is 4.79 Å². The van der Waals surface area contributed by atoms with E-state index in [-0.39, 0.29) is 18.4 Å². The van der Waals surface area contributed by atoms with E-state index in [4.69, 9.17) is 9.84 Å². The van der Waals surface area contributed by atoms with Crippen LogP contribution in [0.2, 0.25) is 0 Å². The Balaban J connectivity index is 1.34. The van der Waals surface area contributed by atoms with Crippen LogP contribution >= 0.6 is 0 Å². The summed E-state index contributed by atoms with van der Waals surface area (Å²) in [6.45, 7) is 0.372. The Kier molecular flexibility index (Phi) is 4.65. The van der Waals surface area contributed by atoms with Gasteiger partial charge in [0, 0.05) is 24.7 Å². The first-order valence-electron chi connectivity index (χ1n) is 9.73. The summed E-state index contributed by atoms with van der Waals surface area (Å²) < 4.78 is 5.58. The van der Waals surface area contributed by atoms with Crippen molar-refractivity contribution in [1.29, 1.82) is 0 Å². The number of carboxylic acid groups (broad SMARTS) is 1. The molecule has 1 aromatic rings. The molecule has 4 aliphatic rings. The molecule has 5 rings (SSSR count). The van der Waals surface area contributed by atoms with E-state index in [2.05, 4.69) is 10.6 Å². The minimum Gasteiger partial charge on any atom is -0.484 e. The highest BCUT2D eigenvalue weighted by Crippen LogP contribution is 2.47. The molecule has 3 amide bonds. The molecule has 4 N–H and O–H groups in total. The number of aliphatic hydroxyl groups excluding tert-OH is 1. The molecule has 1 aromatic carbocycles. The molecule has 9 heteroatoms. The molecule has 3 fully saturated rings. The zero-order chi connectivity index (χ0) is 20.8. The fourth-order valence-corrected chi connectivity index (χ4v) is 4.87. The van der Waals surface area contributed by atoms with Gasteiger partial charge in [-0.15, -0.1) is 0 Å². The maximum atomic E-state index is 12.5. The number of carbonyl (C=O) groups is 3. The fourth-order valence-electron chi connectivity index (χ4n) is 4.87. The Bertz CT molecular complexity index is 862. The number of ether oxygens (including phenoxy) is 1. The van der Waals surface area contributed by atoms with Gasteiger partial charge in [-0.2, -0.15) is 0 Å². The molecule has 0 aromatic heterocycles. The van der Waals surface area contributed by atoms with Crippen LogP contribution in [-0.2, 0) is 11.3 Å². The highest BCUT2D eigenvalue weighted by Gasteiger charge is 2.55. The fraction of sp³-hybridized carbons (Fsp3) is 0.550. The van der Waals surface area contributed by atoms with Crippen molar-refractivity contribution in [3.8, 4) is 5.75 Å². The average Bonchev–Trinajstić information content (AvgIpc) is 2.95. The lowest BCUT2D eigenvalue weighted by atomic mass is 9.60. The van der Waals surface area contributed by atoms with Gasteiger partial charge in [0.1, 0.15) is 5.75 Å². The first-order chi connectivity index (χ1) is 13.7. The van der Waals surface area contributed by atoms with Crippen molar-refractivity contribution in [2.24, 2.45) is 0 Å². The van der Waals surface area contributed by atoms with E-state index in [1.54, 1.807) is 24.1 Å². The lowest BCUT2D eigenvalue weighted by molar-refractivity contribution is -0.129. The number of hydrogen-bond acceptors (Lipinski definition) is 5. The first kappa shape index (κ1) is 19.5. The Morgan fingerprint density at radius 1 is 1.24 bits per heavy atom. The first-order valence-corrected chi connectivity index (χ1v) is 9.73. The van der Waals surface area contributed by atoms with Crippen LogP contribution in [-0.4, -0.2) is 63.9 Å². The minimum atomic E-state index is -1.14. The number of amides is 3. The summed E-state index contributed by atoms with van der Waals surface area (Å²) in [6, 6.07) is 5.23. The Hall–Kier alpha value is -2.81. The molecule has 3 saturated carbocycles. The maximum absolute atomic E-state index is 12.5. The van der Waals surface area contributed by atoms with Gasteiger partial charge in [-0.05, 0) is 49.8 Å². The van der Waals surface area contributed by atoms with Crippen LogP contribution < -0.4 is 15.4 Å². The van der Waals surface area contributed by atoms with Crippen molar-refractivity contribution in [2.45, 2.75) is 55.8 Å². The van der Waals surface area contributed by atoms with Crippen molar-refractivity contribution < 1.29 is 29.3 Å². The molecule has 0 unspecified atom stereocenters. The molecule has 1 heterocycles. The largest absolute Gasteiger partial charge is 0.484 e. The van der Waals surface area contributed by atoms with Crippen molar-refractivity contribution in [3.63, 3.8) is 0 Å². The average molecular weight is 403 g/mol. The quantitative estimate of drug-likeness (QED) is 0.577. The summed E-state index contributed by atoms with van der Waals surface area (Å²) >= 11 is 0. The number of nitrogens with zero attached hydrogens (tertiary/aromatic N) is 1. The van der Waals surface area contributed by atoms with E-state index in [9.17, 15) is 19.5 Å². The zero-order valence-corrected chi connectivity index (χ0v) is 16.2. The Morgan fingerprint density at radius 3 is 2.62 bits per heavy atom. The third-order valence-electron chi connectivity index (χ3n) is 6.52. The van der Waals surface area contributed by atoms with Crippen molar-refractivity contribution in [3.05, 3.63) is 29.3 Å². The molecule has 29 heavy (non-hydrogen) atoms. The van der Waals surface area contributed by atoms with Gasteiger partial charge in [-0.25, -0.2) is 4.79 Å². The molecule has 156 valence electrons. The topological polar surface area (TPSA) is 128 Å². The number of hydrogen-bond donors (Lipinski definition) is 4. The predicted molar refractivity (Wildman–Crippen MR) is 102 cm³/mol. The number of fused-ring (bicyclic) bond motifs is 4. The summed E-state index contributed by atoms with van der Waals surface area (Å²) in [5.74, 6) is 0.0874. The van der Waals surface area contributed by atoms with E-state index in [0.717, 1.165) is 5.56 Å². The summed E-state index contributed by atoms with van der Waals surface area (Å²) in [7, 11) is 1.74. The molecule has 1 atom stereocenters. The van der Waals surface area contributed by atoms with Crippen LogP contribution in [0.5, 0.6) is 5.75 Å². The van der Waals surface area contributed by atoms with Crippen LogP contribution in [0.25, 0.3) is 0 Å². The van der Waals surface area contributed by atoms with Gasteiger partial charge in [-0.3, -0.25) is 9.59 Å². The van der Waals surface area contributed by atoms with Crippen molar-refractivity contribution in [2.75, 3.05) is 13.7 Å². The second-order valence-corrected chi connectivity index (χ2v) is 8.40. The smallest absolute Gasteiger partial charge is 0.405 e. The molecule has 0 saturated heterocycles. The van der Waals surface area contributed by atoms with Gasteiger partial charge in [0.25, 0.3) is 11.8 Å². The molecular formula is C20H25N3O6. The van der Waals surface area contributed by atoms with Crippen LogP contribution in [0.1, 0.15) is 48.0 Å². The zero-order valence-electron chi connectivity index (χ0n) is 16.2. The molecule has 3 aliphatic carbocycles. The summed E-state index contributed by atoms with van der Waals surface area (Å²) in [5, 5.41) is 25.0. The van der Waals surface area contributed by atoms with Crippen molar-refractivity contribution in [1.82, 2.24) is 15.5 Å². The lowest BCUT2D eigenvalue weighted by Gasteiger charge is -2.55. The molecule has 9 nitrogen and oxygen atoms in total. The minimum absolute atomic E-state index is 0.0642. The van der Waals surface area contributed by atoms with E-state index < -0.39 is 23.3 Å². The van der Waals surface area contributed by atoms with Crippen LogP contribution in [0, 0.1) is 0 Å². The van der Waals surface area contributed by atoms with E-state index >= 15 is 0 Å². The molecule has 0 radical (unpaired) electrons. The van der Waals surface area contributed by atoms with Gasteiger partial charge in [0.2, 0.25) is 0 Å². The molecule has 1 aliphatic heterocycles. The Morgan fingerprint density at radius 2 is 1.97 bits per heavy atom. The van der Waals surface area contributed by atoms with E-state index in [1.165, 1.54) is 0 Å². The van der Waals surface area contributed by atoms with Crippen molar-refractivity contribution >= 4 is 17.9 Å². The monoisotopic (exact) mass is 403 g/mol. The number of aliphatic hydroxyl groups is 1. The number of nitrogens with one attached hydrogen (secondary N) is 2. The van der Waals surface area contributed by atoms with Gasteiger partial charge in [0.15, 0.2) is 6.61 Å². The standard InChI is InChI=1S/C20H25N3O6/c1-23-10-12-2-3-13(8-14(12)17(23)26)29-11-16(25)21-19-4-6-20(7-5-19,15(24)9-19)22-18(27)28/h2-3,8,15,22,24H,4-7,9-11H2,1H3,(H,21,25)(H,27,28)/t15-,19?,20?/m0/s1. The summed E-state index contributed by atoms with van der Waals surface area (Å²) in [6.07, 6.45) is 0.450. The van der Waals surface area contributed by atoms with Gasteiger partial charge in [0.05, 0.1) is 11.6 Å². The van der Waals surface area contributed by atoms with E-state index in [1.807, 2.05) is 6.07 Å². The second-order valence-electron chi connectivity index (χ2n) is 8.40. The van der Waals surface area contributed by atoms with Gasteiger partial charge < -0.3 is 30.5 Å². The van der Waals surface area contributed by atoms with Gasteiger partial charge in [-0.1, -0.05) is 6.07 Å². The van der Waals surface area contributed by atoms with E-state index in [0.29, 0.717) is 50.0 Å². The SMILES string of the molecule is CN1Cc2ccc(OCC(=O)NC34CCC(NC(=O)O)(CC3)[C@@H](O)C4)cc2C1=O. The number of rotatable bonds is 5. The lowest BCUT2D eigenvalue weighted by Crippen LogP contribution is -2.70. The normalized spacial score (nSPS) is 30.1. The third kappa shape index (κ3) is 3.50. The number of benzene rings is 1. The number of carbonyl (C=O) groups excluding carboxylic acids is 2. The maximum Gasteiger partial charge on any atom is 0.405 e. The van der Waals surface area contributed by atoms with Gasteiger partial charge >= 0.3 is 6.09 Å². The highest BCUT2D eigenvalue weighted by atomic mass is 16.5. The highest BCUT2D eigenvalue weighted by molar-refractivity contribution is 5.98. The third-order valence-corrected chi connectivity index (χ3v) is 6.52. The summed E-state index contributed by atoms with van der Waals surface area (Å²) in [5.41, 5.74) is 0.163. The second kappa shape index (κ2) is 6.91. The molecular weight excluding hydrogens is 378 g/mol. The molecule has 0 spiro atoms. The predicted octanol–water partition coefficient (Wildman–Crippen LogP) is 0.851.